The Hall–Kier alpha value is -2.40. The Balaban J connectivity index is 1.29. The van der Waals surface area contributed by atoms with E-state index in [2.05, 4.69) is 15.6 Å². The van der Waals surface area contributed by atoms with Gasteiger partial charge in [0.05, 0.1) is 0 Å². The molecular formula is C20H23N3O2. The summed E-state index contributed by atoms with van der Waals surface area (Å²) in [5, 5.41) is 6.63. The maximum absolute atomic E-state index is 12.3. The average molecular weight is 337 g/mol. The molecule has 0 radical (unpaired) electrons. The zero-order valence-corrected chi connectivity index (χ0v) is 14.2. The van der Waals surface area contributed by atoms with Crippen LogP contribution in [0.15, 0.2) is 48.8 Å². The van der Waals surface area contributed by atoms with E-state index in [0.29, 0.717) is 24.4 Å². The van der Waals surface area contributed by atoms with Crippen molar-refractivity contribution >= 4 is 11.6 Å². The number of carbonyl (C=O) groups is 1. The Morgan fingerprint density at radius 1 is 1.04 bits per heavy atom. The largest absolute Gasteiger partial charge is 0.457 e. The molecule has 2 unspecified atom stereocenters. The summed E-state index contributed by atoms with van der Waals surface area (Å²) in [6.07, 6.45) is 8.78. The molecule has 2 aromatic rings. The number of fused-ring (bicyclic) bond motifs is 2. The van der Waals surface area contributed by atoms with E-state index in [-0.39, 0.29) is 5.91 Å². The number of anilines is 1. The summed E-state index contributed by atoms with van der Waals surface area (Å²) >= 11 is 0. The van der Waals surface area contributed by atoms with Crippen molar-refractivity contribution in [1.29, 1.82) is 0 Å². The number of nitrogens with zero attached hydrogens (tertiary/aromatic N) is 1. The molecular weight excluding hydrogens is 314 g/mol. The fraction of sp³-hybridized carbons (Fsp3) is 0.400. The maximum Gasteiger partial charge on any atom is 0.224 e. The lowest BCUT2D eigenvalue weighted by Crippen LogP contribution is -2.39. The highest BCUT2D eigenvalue weighted by atomic mass is 16.5. The van der Waals surface area contributed by atoms with Gasteiger partial charge in [0.1, 0.15) is 11.5 Å². The van der Waals surface area contributed by atoms with E-state index in [9.17, 15) is 4.79 Å². The molecule has 1 aromatic carbocycles. The first-order chi connectivity index (χ1) is 12.2. The van der Waals surface area contributed by atoms with Gasteiger partial charge >= 0.3 is 0 Å². The Bertz CT molecular complexity index is 705. The number of amides is 1. The monoisotopic (exact) mass is 337 g/mol. The number of benzene rings is 1. The highest BCUT2D eigenvalue weighted by Gasteiger charge is 2.34. The molecule has 130 valence electrons. The summed E-state index contributed by atoms with van der Waals surface area (Å²) in [5.41, 5.74) is 0.809. The smallest absolute Gasteiger partial charge is 0.224 e. The first-order valence-electron chi connectivity index (χ1n) is 8.98. The van der Waals surface area contributed by atoms with Gasteiger partial charge in [-0.05, 0) is 68.0 Å². The van der Waals surface area contributed by atoms with Gasteiger partial charge in [0.15, 0.2) is 0 Å². The van der Waals surface area contributed by atoms with E-state index in [1.54, 1.807) is 12.4 Å². The van der Waals surface area contributed by atoms with Crippen LogP contribution in [0, 0.1) is 5.92 Å². The number of nitrogens with one attached hydrogen (secondary N) is 2. The van der Waals surface area contributed by atoms with Crippen LogP contribution in [0.25, 0.3) is 0 Å². The molecule has 2 fully saturated rings. The van der Waals surface area contributed by atoms with Crippen molar-refractivity contribution in [1.82, 2.24) is 10.3 Å². The molecule has 5 nitrogen and oxygen atoms in total. The first-order valence-corrected chi connectivity index (χ1v) is 8.98. The minimum atomic E-state index is 0.106. The van der Waals surface area contributed by atoms with E-state index in [1.165, 1.54) is 12.8 Å². The van der Waals surface area contributed by atoms with E-state index in [4.69, 9.17) is 4.74 Å². The second kappa shape index (κ2) is 7.23. The highest BCUT2D eigenvalue weighted by Crippen LogP contribution is 2.33. The molecule has 5 heteroatoms. The summed E-state index contributed by atoms with van der Waals surface area (Å²) in [6.45, 7) is 0. The molecule has 2 saturated heterocycles. The predicted octanol–water partition coefficient (Wildman–Crippen LogP) is 3.73. The molecule has 2 atom stereocenters. The van der Waals surface area contributed by atoms with Crippen molar-refractivity contribution in [3.63, 3.8) is 0 Å². The topological polar surface area (TPSA) is 63.2 Å². The Morgan fingerprint density at radius 2 is 1.68 bits per heavy atom. The van der Waals surface area contributed by atoms with E-state index in [1.807, 2.05) is 36.4 Å². The number of piperidine rings is 1. The molecule has 1 amide bonds. The van der Waals surface area contributed by atoms with Crippen molar-refractivity contribution in [2.75, 3.05) is 5.32 Å². The first kappa shape index (κ1) is 16.1. The Labute approximate surface area is 147 Å². The molecule has 2 bridgehead atoms. The summed E-state index contributed by atoms with van der Waals surface area (Å²) in [6, 6.07) is 12.3. The van der Waals surface area contributed by atoms with Gasteiger partial charge in [-0.15, -0.1) is 0 Å². The Morgan fingerprint density at radius 3 is 2.36 bits per heavy atom. The maximum atomic E-state index is 12.3. The average Bonchev–Trinajstić information content (AvgIpc) is 2.96. The summed E-state index contributed by atoms with van der Waals surface area (Å²) < 4.78 is 5.73. The summed E-state index contributed by atoms with van der Waals surface area (Å²) in [7, 11) is 0. The van der Waals surface area contributed by atoms with Crippen LogP contribution in [0.2, 0.25) is 0 Å². The number of rotatable bonds is 5. The van der Waals surface area contributed by atoms with E-state index >= 15 is 0 Å². The molecule has 0 aliphatic carbocycles. The van der Waals surface area contributed by atoms with Gasteiger partial charge in [-0.3, -0.25) is 9.78 Å². The number of aromatic nitrogens is 1. The van der Waals surface area contributed by atoms with Gasteiger partial charge < -0.3 is 15.4 Å². The number of carbonyl (C=O) groups excluding carboxylic acids is 1. The van der Waals surface area contributed by atoms with Gasteiger partial charge in [0, 0.05) is 36.6 Å². The lowest BCUT2D eigenvalue weighted by molar-refractivity contribution is -0.117. The molecule has 1 aromatic heterocycles. The van der Waals surface area contributed by atoms with Crippen LogP contribution >= 0.6 is 0 Å². The van der Waals surface area contributed by atoms with Crippen molar-refractivity contribution in [2.24, 2.45) is 5.92 Å². The second-order valence-electron chi connectivity index (χ2n) is 7.04. The number of hydrogen-bond donors (Lipinski definition) is 2. The normalized spacial score (nSPS) is 24.7. The standard InChI is InChI=1S/C20H23N3O2/c24-20(13-14-11-16-1-2-17(12-14)22-16)23-15-3-5-18(6-4-15)25-19-7-9-21-10-8-19/h3-10,14,16-17,22H,1-2,11-13H2,(H,23,24). The van der Waals surface area contributed by atoms with Crippen LogP contribution in [0.3, 0.4) is 0 Å². The van der Waals surface area contributed by atoms with Crippen LogP contribution in [-0.2, 0) is 4.79 Å². The highest BCUT2D eigenvalue weighted by molar-refractivity contribution is 5.90. The molecule has 4 rings (SSSR count). The van der Waals surface area contributed by atoms with Gasteiger partial charge in [0.25, 0.3) is 0 Å². The van der Waals surface area contributed by atoms with Crippen molar-refractivity contribution in [2.45, 2.75) is 44.2 Å². The van der Waals surface area contributed by atoms with Crippen molar-refractivity contribution < 1.29 is 9.53 Å². The third kappa shape index (κ3) is 4.17. The quantitative estimate of drug-likeness (QED) is 0.872. The fourth-order valence-electron chi connectivity index (χ4n) is 3.96. The van der Waals surface area contributed by atoms with Crippen LogP contribution in [0.1, 0.15) is 32.1 Å². The zero-order chi connectivity index (χ0) is 17.1. The van der Waals surface area contributed by atoms with E-state index in [0.717, 1.165) is 30.0 Å². The lowest BCUT2D eigenvalue weighted by atomic mass is 9.89. The van der Waals surface area contributed by atoms with Crippen molar-refractivity contribution in [3.05, 3.63) is 48.8 Å². The molecule has 3 heterocycles. The van der Waals surface area contributed by atoms with Gasteiger partial charge in [-0.2, -0.15) is 0 Å². The molecule has 2 aliphatic rings. The molecule has 2 N–H and O–H groups in total. The Kier molecular flexibility index (Phi) is 4.65. The van der Waals surface area contributed by atoms with Gasteiger partial charge in [-0.1, -0.05) is 0 Å². The molecule has 2 aliphatic heterocycles. The fourth-order valence-corrected chi connectivity index (χ4v) is 3.96. The third-order valence-corrected chi connectivity index (χ3v) is 5.07. The van der Waals surface area contributed by atoms with Crippen LogP contribution in [-0.4, -0.2) is 23.0 Å². The van der Waals surface area contributed by atoms with Crippen LogP contribution < -0.4 is 15.4 Å². The summed E-state index contributed by atoms with van der Waals surface area (Å²) in [4.78, 5) is 16.3. The number of hydrogen-bond acceptors (Lipinski definition) is 4. The predicted molar refractivity (Wildman–Crippen MR) is 96.7 cm³/mol. The lowest BCUT2D eigenvalue weighted by Gasteiger charge is -2.28. The number of ether oxygens (including phenoxy) is 1. The second-order valence-corrected chi connectivity index (χ2v) is 7.04. The van der Waals surface area contributed by atoms with Crippen LogP contribution in [0.4, 0.5) is 5.69 Å². The minimum absolute atomic E-state index is 0.106. The number of pyridine rings is 1. The van der Waals surface area contributed by atoms with Gasteiger partial charge in [0.2, 0.25) is 5.91 Å². The molecule has 25 heavy (non-hydrogen) atoms. The van der Waals surface area contributed by atoms with Crippen LogP contribution in [0.5, 0.6) is 11.5 Å². The third-order valence-electron chi connectivity index (χ3n) is 5.07. The van der Waals surface area contributed by atoms with E-state index < -0.39 is 0 Å². The molecule has 0 saturated carbocycles. The summed E-state index contributed by atoms with van der Waals surface area (Å²) in [5.74, 6) is 2.09. The zero-order valence-electron chi connectivity index (χ0n) is 14.2. The van der Waals surface area contributed by atoms with Gasteiger partial charge in [-0.25, -0.2) is 0 Å². The minimum Gasteiger partial charge on any atom is -0.457 e. The van der Waals surface area contributed by atoms with Crippen molar-refractivity contribution in [3.8, 4) is 11.5 Å². The SMILES string of the molecule is O=C(CC1CC2CCC(C1)N2)Nc1ccc(Oc2ccncc2)cc1. The molecule has 0 spiro atoms.